The van der Waals surface area contributed by atoms with Gasteiger partial charge >= 0.3 is 0 Å². The summed E-state index contributed by atoms with van der Waals surface area (Å²) in [6.45, 7) is 2.00. The van der Waals surface area contributed by atoms with Crippen molar-refractivity contribution in [3.05, 3.63) is 39.9 Å². The van der Waals surface area contributed by atoms with E-state index in [0.29, 0.717) is 10.7 Å². The van der Waals surface area contributed by atoms with Crippen LogP contribution in [-0.4, -0.2) is 26.8 Å². The molecule has 0 fully saturated rings. The van der Waals surface area contributed by atoms with Gasteiger partial charge in [0.1, 0.15) is 0 Å². The van der Waals surface area contributed by atoms with Crippen molar-refractivity contribution in [3.8, 4) is 0 Å². The summed E-state index contributed by atoms with van der Waals surface area (Å²) in [5.74, 6) is 0.509. The van der Waals surface area contributed by atoms with E-state index in [2.05, 4.69) is 15.5 Å². The maximum absolute atomic E-state index is 11.9. The van der Waals surface area contributed by atoms with Gasteiger partial charge in [0.25, 0.3) is 11.6 Å². The minimum Gasteiger partial charge on any atom is -0.296 e. The van der Waals surface area contributed by atoms with E-state index in [9.17, 15) is 14.9 Å². The van der Waals surface area contributed by atoms with Crippen LogP contribution in [0.15, 0.2) is 28.6 Å². The molecule has 0 aliphatic carbocycles. The van der Waals surface area contributed by atoms with Crippen LogP contribution in [0.4, 0.5) is 10.8 Å². The second-order valence-corrected chi connectivity index (χ2v) is 6.05. The maximum atomic E-state index is 11.9. The largest absolute Gasteiger partial charge is 0.296 e. The molecule has 0 bridgehead atoms. The molecule has 1 N–H and O–H groups in total. The zero-order valence-electron chi connectivity index (χ0n) is 10.4. The average Bonchev–Trinajstić information content (AvgIpc) is 2.86. The van der Waals surface area contributed by atoms with Gasteiger partial charge in [-0.05, 0) is 17.9 Å². The van der Waals surface area contributed by atoms with Crippen LogP contribution in [0.3, 0.4) is 0 Å². The SMILES string of the molecule is CCSc1nnc(NC(=O)c2ccc([N+](=O)[O-])cc2)s1. The number of aromatic nitrogens is 2. The summed E-state index contributed by atoms with van der Waals surface area (Å²) in [5.41, 5.74) is 0.273. The number of benzene rings is 1. The lowest BCUT2D eigenvalue weighted by molar-refractivity contribution is -0.384. The number of carbonyl (C=O) groups excluding carboxylic acids is 1. The highest BCUT2D eigenvalue weighted by Crippen LogP contribution is 2.25. The Labute approximate surface area is 122 Å². The fourth-order valence-corrected chi connectivity index (χ4v) is 2.99. The highest BCUT2D eigenvalue weighted by Gasteiger charge is 2.12. The maximum Gasteiger partial charge on any atom is 0.269 e. The topological polar surface area (TPSA) is 98.0 Å². The number of nitrogens with one attached hydrogen (secondary N) is 1. The minimum absolute atomic E-state index is 0.0564. The monoisotopic (exact) mass is 310 g/mol. The number of rotatable bonds is 5. The molecule has 2 aromatic rings. The summed E-state index contributed by atoms with van der Waals surface area (Å²) in [7, 11) is 0. The van der Waals surface area contributed by atoms with Gasteiger partial charge in [0.05, 0.1) is 4.92 Å². The number of anilines is 1. The summed E-state index contributed by atoms with van der Waals surface area (Å²) < 4.78 is 0.784. The Hall–Kier alpha value is -2.00. The molecule has 0 aliphatic rings. The Bertz CT molecular complexity index is 627. The summed E-state index contributed by atoms with van der Waals surface area (Å²) in [4.78, 5) is 21.9. The molecule has 0 saturated heterocycles. The van der Waals surface area contributed by atoms with E-state index in [4.69, 9.17) is 0 Å². The van der Waals surface area contributed by atoms with Gasteiger partial charge in [0, 0.05) is 17.7 Å². The molecule has 7 nitrogen and oxygen atoms in total. The molecule has 0 radical (unpaired) electrons. The van der Waals surface area contributed by atoms with E-state index in [-0.39, 0.29) is 11.6 Å². The van der Waals surface area contributed by atoms with Crippen LogP contribution < -0.4 is 5.32 Å². The molecule has 0 atom stereocenters. The van der Waals surface area contributed by atoms with Crippen molar-refractivity contribution in [1.29, 1.82) is 0 Å². The van der Waals surface area contributed by atoms with E-state index in [1.807, 2.05) is 6.92 Å². The Balaban J connectivity index is 2.05. The number of nitrogens with zero attached hydrogens (tertiary/aromatic N) is 3. The Morgan fingerprint density at radius 1 is 1.40 bits per heavy atom. The van der Waals surface area contributed by atoms with E-state index in [1.54, 1.807) is 11.8 Å². The predicted octanol–water partition coefficient (Wildman–Crippen LogP) is 2.81. The number of non-ortho nitro benzene ring substituents is 1. The van der Waals surface area contributed by atoms with Crippen molar-refractivity contribution in [2.24, 2.45) is 0 Å². The Morgan fingerprint density at radius 3 is 2.70 bits per heavy atom. The molecule has 0 unspecified atom stereocenters. The first kappa shape index (κ1) is 14.4. The standard InChI is InChI=1S/C11H10N4O3S2/c1-2-19-11-14-13-10(20-11)12-9(16)7-3-5-8(6-4-7)15(17)18/h3-6H,2H2,1H3,(H,12,13,16). The number of nitro groups is 1. The van der Waals surface area contributed by atoms with Gasteiger partial charge < -0.3 is 0 Å². The normalized spacial score (nSPS) is 10.2. The van der Waals surface area contributed by atoms with E-state index < -0.39 is 4.92 Å². The van der Waals surface area contributed by atoms with Crippen molar-refractivity contribution in [2.45, 2.75) is 11.3 Å². The molecule has 0 saturated carbocycles. The Morgan fingerprint density at radius 2 is 2.10 bits per heavy atom. The first-order valence-electron chi connectivity index (χ1n) is 5.62. The third-order valence-electron chi connectivity index (χ3n) is 2.24. The minimum atomic E-state index is -0.513. The predicted molar refractivity (Wildman–Crippen MR) is 77.4 cm³/mol. The second kappa shape index (κ2) is 6.44. The highest BCUT2D eigenvalue weighted by molar-refractivity contribution is 8.01. The number of hydrogen-bond donors (Lipinski definition) is 1. The smallest absolute Gasteiger partial charge is 0.269 e. The van der Waals surface area contributed by atoms with Gasteiger partial charge in [-0.3, -0.25) is 20.2 Å². The third-order valence-corrected chi connectivity index (χ3v) is 4.09. The lowest BCUT2D eigenvalue weighted by Crippen LogP contribution is -2.11. The van der Waals surface area contributed by atoms with Crippen molar-refractivity contribution >= 4 is 39.8 Å². The van der Waals surface area contributed by atoms with Gasteiger partial charge in [-0.1, -0.05) is 30.0 Å². The number of nitro benzene ring substituents is 1. The van der Waals surface area contributed by atoms with Crippen molar-refractivity contribution in [1.82, 2.24) is 10.2 Å². The van der Waals surface area contributed by atoms with Gasteiger partial charge in [-0.25, -0.2) is 0 Å². The van der Waals surface area contributed by atoms with Crippen LogP contribution >= 0.6 is 23.1 Å². The quantitative estimate of drug-likeness (QED) is 0.394. The summed E-state index contributed by atoms with van der Waals surface area (Å²) in [6, 6.07) is 5.37. The van der Waals surface area contributed by atoms with Crippen molar-refractivity contribution < 1.29 is 9.72 Å². The molecule has 2 rings (SSSR count). The second-order valence-electron chi connectivity index (χ2n) is 3.56. The van der Waals surface area contributed by atoms with Gasteiger partial charge in [0.15, 0.2) is 4.34 Å². The van der Waals surface area contributed by atoms with E-state index >= 15 is 0 Å². The number of hydrogen-bond acceptors (Lipinski definition) is 7. The molecule has 0 aliphatic heterocycles. The van der Waals surface area contributed by atoms with Crippen LogP contribution in [0.2, 0.25) is 0 Å². The molecule has 1 amide bonds. The average molecular weight is 310 g/mol. The van der Waals surface area contributed by atoms with Crippen LogP contribution in [-0.2, 0) is 0 Å². The molecule has 1 heterocycles. The van der Waals surface area contributed by atoms with Gasteiger partial charge in [-0.15, -0.1) is 10.2 Å². The number of thioether (sulfide) groups is 1. The van der Waals surface area contributed by atoms with Crippen LogP contribution in [0.25, 0.3) is 0 Å². The molecule has 1 aromatic heterocycles. The first-order chi connectivity index (χ1) is 9.60. The van der Waals surface area contributed by atoms with Gasteiger partial charge in [-0.2, -0.15) is 0 Å². The van der Waals surface area contributed by atoms with E-state index in [1.165, 1.54) is 35.6 Å². The number of amides is 1. The Kier molecular flexibility index (Phi) is 4.64. The lowest BCUT2D eigenvalue weighted by atomic mass is 10.2. The molecular weight excluding hydrogens is 300 g/mol. The first-order valence-corrected chi connectivity index (χ1v) is 7.42. The zero-order chi connectivity index (χ0) is 14.5. The zero-order valence-corrected chi connectivity index (χ0v) is 12.0. The molecule has 0 spiro atoms. The molecular formula is C11H10N4O3S2. The molecule has 9 heteroatoms. The number of carbonyl (C=O) groups is 1. The third kappa shape index (κ3) is 3.52. The summed E-state index contributed by atoms with van der Waals surface area (Å²) >= 11 is 2.83. The summed E-state index contributed by atoms with van der Waals surface area (Å²) in [5, 5.41) is 21.3. The van der Waals surface area contributed by atoms with E-state index in [0.717, 1.165) is 10.1 Å². The molecule has 1 aromatic carbocycles. The van der Waals surface area contributed by atoms with Gasteiger partial charge in [0.2, 0.25) is 5.13 Å². The molecule has 20 heavy (non-hydrogen) atoms. The van der Waals surface area contributed by atoms with Crippen molar-refractivity contribution in [2.75, 3.05) is 11.1 Å². The van der Waals surface area contributed by atoms with Crippen LogP contribution in [0.1, 0.15) is 17.3 Å². The lowest BCUT2D eigenvalue weighted by Gasteiger charge is -2.00. The highest BCUT2D eigenvalue weighted by atomic mass is 32.2. The van der Waals surface area contributed by atoms with Crippen LogP contribution in [0.5, 0.6) is 0 Å². The molecule has 104 valence electrons. The van der Waals surface area contributed by atoms with Crippen molar-refractivity contribution in [3.63, 3.8) is 0 Å². The summed E-state index contributed by atoms with van der Waals surface area (Å²) in [6.07, 6.45) is 0. The fourth-order valence-electron chi connectivity index (χ4n) is 1.35. The van der Waals surface area contributed by atoms with Crippen LogP contribution in [0, 0.1) is 10.1 Å². The fraction of sp³-hybridized carbons (Fsp3) is 0.182.